The molecule has 1 amide bonds. The summed E-state index contributed by atoms with van der Waals surface area (Å²) in [6.07, 6.45) is 1.55. The predicted octanol–water partition coefficient (Wildman–Crippen LogP) is 5.39. The molecule has 0 saturated heterocycles. The summed E-state index contributed by atoms with van der Waals surface area (Å²) in [5, 5.41) is 7.06. The molecule has 0 bridgehead atoms. The van der Waals surface area contributed by atoms with E-state index in [1.165, 1.54) is 0 Å². The number of nitrogens with zero attached hydrogens (tertiary/aromatic N) is 1. The Kier molecular flexibility index (Phi) is 5.61. The van der Waals surface area contributed by atoms with Gasteiger partial charge in [-0.25, -0.2) is 0 Å². The van der Waals surface area contributed by atoms with E-state index in [1.54, 1.807) is 67.9 Å². The van der Waals surface area contributed by atoms with Gasteiger partial charge < -0.3 is 15.4 Å². The van der Waals surface area contributed by atoms with Crippen molar-refractivity contribution in [2.24, 2.45) is 0 Å². The number of pyridine rings is 1. The fraction of sp³-hybridized carbons (Fsp3) is 0.0526. The third kappa shape index (κ3) is 4.45. The van der Waals surface area contributed by atoms with Gasteiger partial charge in [0.15, 0.2) is 0 Å². The molecule has 1 aromatic heterocycles. The van der Waals surface area contributed by atoms with Gasteiger partial charge in [0.25, 0.3) is 5.91 Å². The van der Waals surface area contributed by atoms with Crippen LogP contribution in [0.1, 0.15) is 10.5 Å². The monoisotopic (exact) mass is 387 g/mol. The Morgan fingerprint density at radius 3 is 2.58 bits per heavy atom. The third-order valence-electron chi connectivity index (χ3n) is 3.52. The number of hydrogen-bond donors (Lipinski definition) is 2. The zero-order valence-corrected chi connectivity index (χ0v) is 15.3. The third-order valence-corrected chi connectivity index (χ3v) is 3.99. The van der Waals surface area contributed by atoms with Crippen molar-refractivity contribution in [1.82, 2.24) is 4.98 Å². The van der Waals surface area contributed by atoms with Gasteiger partial charge in [-0.1, -0.05) is 29.3 Å². The highest BCUT2D eigenvalue weighted by Crippen LogP contribution is 2.30. The largest absolute Gasteiger partial charge is 0.495 e. The van der Waals surface area contributed by atoms with E-state index in [1.807, 2.05) is 0 Å². The Morgan fingerprint density at radius 2 is 1.81 bits per heavy atom. The summed E-state index contributed by atoms with van der Waals surface area (Å²) in [5.74, 6) is 0.296. The lowest BCUT2D eigenvalue weighted by Gasteiger charge is -2.12. The van der Waals surface area contributed by atoms with E-state index in [4.69, 9.17) is 27.9 Å². The molecule has 0 aliphatic carbocycles. The van der Waals surface area contributed by atoms with E-state index >= 15 is 0 Å². The summed E-state index contributed by atoms with van der Waals surface area (Å²) >= 11 is 12.0. The summed E-state index contributed by atoms with van der Waals surface area (Å²) in [7, 11) is 1.57. The van der Waals surface area contributed by atoms with Crippen LogP contribution in [0.5, 0.6) is 5.75 Å². The highest BCUT2D eigenvalue weighted by molar-refractivity contribution is 6.31. The standard InChI is InChI=1S/C19H15Cl2N3O2/c1-26-18-6-5-13(21)10-16(18)23-15-7-8-22-17(11-15)19(25)24-14-4-2-3-12(20)9-14/h2-11H,1H3,(H,22,23)(H,24,25). The topological polar surface area (TPSA) is 63.2 Å². The van der Waals surface area contributed by atoms with Gasteiger partial charge in [0.1, 0.15) is 11.4 Å². The molecular weight excluding hydrogens is 373 g/mol. The van der Waals surface area contributed by atoms with Gasteiger partial charge in [0.2, 0.25) is 0 Å². The Balaban J connectivity index is 1.80. The van der Waals surface area contributed by atoms with Crippen molar-refractivity contribution in [1.29, 1.82) is 0 Å². The van der Waals surface area contributed by atoms with Crippen LogP contribution in [0.25, 0.3) is 0 Å². The van der Waals surface area contributed by atoms with Crippen molar-refractivity contribution >= 4 is 46.2 Å². The maximum Gasteiger partial charge on any atom is 0.274 e. The maximum atomic E-state index is 12.4. The Morgan fingerprint density at radius 1 is 1.00 bits per heavy atom. The van der Waals surface area contributed by atoms with Crippen LogP contribution in [-0.4, -0.2) is 18.0 Å². The van der Waals surface area contributed by atoms with Crippen LogP contribution < -0.4 is 15.4 Å². The molecule has 0 spiro atoms. The number of amides is 1. The molecule has 2 aromatic carbocycles. The van der Waals surface area contributed by atoms with Crippen LogP contribution in [0.2, 0.25) is 10.0 Å². The van der Waals surface area contributed by atoms with Crippen LogP contribution in [-0.2, 0) is 0 Å². The normalized spacial score (nSPS) is 10.3. The first-order valence-corrected chi connectivity index (χ1v) is 8.44. The second-order valence-corrected chi connectivity index (χ2v) is 6.24. The van der Waals surface area contributed by atoms with Crippen molar-refractivity contribution in [2.45, 2.75) is 0 Å². The van der Waals surface area contributed by atoms with Crippen LogP contribution in [0.15, 0.2) is 60.8 Å². The highest BCUT2D eigenvalue weighted by Gasteiger charge is 2.10. The van der Waals surface area contributed by atoms with E-state index < -0.39 is 0 Å². The average Bonchev–Trinajstić information content (AvgIpc) is 2.62. The van der Waals surface area contributed by atoms with Crippen molar-refractivity contribution in [3.8, 4) is 5.75 Å². The minimum Gasteiger partial charge on any atom is -0.495 e. The fourth-order valence-corrected chi connectivity index (χ4v) is 2.69. The van der Waals surface area contributed by atoms with Gasteiger partial charge in [0.05, 0.1) is 12.8 Å². The number of methoxy groups -OCH3 is 1. The minimum atomic E-state index is -0.339. The van der Waals surface area contributed by atoms with Crippen LogP contribution in [0.4, 0.5) is 17.1 Å². The number of nitrogens with one attached hydrogen (secondary N) is 2. The predicted molar refractivity (Wildman–Crippen MR) is 105 cm³/mol. The number of hydrogen-bond acceptors (Lipinski definition) is 4. The number of benzene rings is 2. The number of anilines is 3. The van der Waals surface area contributed by atoms with Crippen LogP contribution >= 0.6 is 23.2 Å². The summed E-state index contributed by atoms with van der Waals surface area (Å²) in [6, 6.07) is 15.5. The molecule has 0 fully saturated rings. The lowest BCUT2D eigenvalue weighted by atomic mass is 10.2. The van der Waals surface area contributed by atoms with Crippen LogP contribution in [0.3, 0.4) is 0 Å². The van der Waals surface area contributed by atoms with Crippen LogP contribution in [0, 0.1) is 0 Å². The number of aromatic nitrogens is 1. The molecule has 5 nitrogen and oxygen atoms in total. The quantitative estimate of drug-likeness (QED) is 0.615. The fourth-order valence-electron chi connectivity index (χ4n) is 2.33. The van der Waals surface area contributed by atoms with Gasteiger partial charge in [0, 0.05) is 27.6 Å². The Hall–Kier alpha value is -2.76. The molecule has 0 unspecified atom stereocenters. The molecule has 3 rings (SSSR count). The maximum absolute atomic E-state index is 12.4. The summed E-state index contributed by atoms with van der Waals surface area (Å²) < 4.78 is 5.31. The molecule has 0 aliphatic rings. The van der Waals surface area contributed by atoms with E-state index in [0.717, 1.165) is 0 Å². The minimum absolute atomic E-state index is 0.260. The summed E-state index contributed by atoms with van der Waals surface area (Å²) in [4.78, 5) is 16.5. The summed E-state index contributed by atoms with van der Waals surface area (Å²) in [6.45, 7) is 0. The zero-order valence-electron chi connectivity index (χ0n) is 13.8. The highest BCUT2D eigenvalue weighted by atomic mass is 35.5. The average molecular weight is 388 g/mol. The molecule has 7 heteroatoms. The first-order chi connectivity index (χ1) is 12.5. The molecule has 0 radical (unpaired) electrons. The van der Waals surface area contributed by atoms with Gasteiger partial charge >= 0.3 is 0 Å². The van der Waals surface area contributed by atoms with Crippen molar-refractivity contribution in [3.05, 3.63) is 76.5 Å². The van der Waals surface area contributed by atoms with Crippen molar-refractivity contribution < 1.29 is 9.53 Å². The number of carbonyl (C=O) groups is 1. The molecule has 3 aromatic rings. The molecule has 0 atom stereocenters. The van der Waals surface area contributed by atoms with E-state index in [9.17, 15) is 4.79 Å². The number of halogens is 2. The van der Waals surface area contributed by atoms with Crippen molar-refractivity contribution in [3.63, 3.8) is 0 Å². The van der Waals surface area contributed by atoms with Crippen molar-refractivity contribution in [2.75, 3.05) is 17.7 Å². The van der Waals surface area contributed by atoms with Gasteiger partial charge in [-0.15, -0.1) is 0 Å². The molecule has 2 N–H and O–H groups in total. The molecule has 1 heterocycles. The number of carbonyl (C=O) groups excluding carboxylic acids is 1. The molecule has 0 saturated carbocycles. The van der Waals surface area contributed by atoms with E-state index in [2.05, 4.69) is 15.6 Å². The first kappa shape index (κ1) is 18.0. The number of ether oxygens (including phenoxy) is 1. The second kappa shape index (κ2) is 8.08. The van der Waals surface area contributed by atoms with Gasteiger partial charge in [-0.05, 0) is 48.5 Å². The Labute approximate surface area is 160 Å². The first-order valence-electron chi connectivity index (χ1n) is 7.69. The second-order valence-electron chi connectivity index (χ2n) is 5.36. The molecule has 132 valence electrons. The lowest BCUT2D eigenvalue weighted by Crippen LogP contribution is -2.13. The SMILES string of the molecule is COc1ccc(Cl)cc1Nc1ccnc(C(=O)Nc2cccc(Cl)c2)c1. The number of rotatable bonds is 5. The van der Waals surface area contributed by atoms with Gasteiger partial charge in [-0.3, -0.25) is 9.78 Å². The van der Waals surface area contributed by atoms with E-state index in [0.29, 0.717) is 32.9 Å². The smallest absolute Gasteiger partial charge is 0.274 e. The zero-order chi connectivity index (χ0) is 18.5. The van der Waals surface area contributed by atoms with Gasteiger partial charge in [-0.2, -0.15) is 0 Å². The molecular formula is C19H15Cl2N3O2. The van der Waals surface area contributed by atoms with E-state index in [-0.39, 0.29) is 11.6 Å². The lowest BCUT2D eigenvalue weighted by molar-refractivity contribution is 0.102. The Bertz CT molecular complexity index is 948. The molecule has 0 aliphatic heterocycles. The summed E-state index contributed by atoms with van der Waals surface area (Å²) in [5.41, 5.74) is 2.22. The molecule has 26 heavy (non-hydrogen) atoms.